The second-order valence-corrected chi connectivity index (χ2v) is 8.13. The molecule has 0 radical (unpaired) electrons. The molecule has 2 aromatic carbocycles. The fourth-order valence-corrected chi connectivity index (χ4v) is 4.86. The predicted molar refractivity (Wildman–Crippen MR) is 115 cm³/mol. The molecule has 4 atom stereocenters. The molecule has 0 N–H and O–H groups in total. The smallest absolute Gasteiger partial charge is 0.269 e. The largest absolute Gasteiger partial charge is 0.292 e. The summed E-state index contributed by atoms with van der Waals surface area (Å²) < 4.78 is 13.4. The van der Waals surface area contributed by atoms with Gasteiger partial charge >= 0.3 is 0 Å². The van der Waals surface area contributed by atoms with E-state index in [0.717, 1.165) is 17.0 Å². The third kappa shape index (κ3) is 3.05. The van der Waals surface area contributed by atoms with Gasteiger partial charge in [-0.25, -0.2) is 9.29 Å². The molecule has 3 heterocycles. The van der Waals surface area contributed by atoms with Crippen molar-refractivity contribution in [3.05, 3.63) is 81.7 Å². The first-order valence-corrected chi connectivity index (χ1v) is 10.2. The van der Waals surface area contributed by atoms with Gasteiger partial charge in [-0.2, -0.15) is 5.10 Å². The third-order valence-electron chi connectivity index (χ3n) is 6.32. The van der Waals surface area contributed by atoms with Crippen LogP contribution < -0.4 is 4.90 Å². The second-order valence-electron chi connectivity index (χ2n) is 8.13. The summed E-state index contributed by atoms with van der Waals surface area (Å²) in [7, 11) is 0. The molecule has 3 aliphatic rings. The number of carbonyl (C=O) groups excluding carboxylic acids is 3. The molecule has 0 unspecified atom stereocenters. The zero-order valence-corrected chi connectivity index (χ0v) is 17.3. The van der Waals surface area contributed by atoms with Gasteiger partial charge in [0, 0.05) is 23.9 Å². The van der Waals surface area contributed by atoms with E-state index in [1.165, 1.54) is 41.6 Å². The first-order valence-electron chi connectivity index (χ1n) is 10.2. The highest BCUT2D eigenvalue weighted by Crippen LogP contribution is 2.46. The number of rotatable bonds is 4. The van der Waals surface area contributed by atoms with Crippen LogP contribution in [0.4, 0.5) is 15.8 Å². The summed E-state index contributed by atoms with van der Waals surface area (Å²) in [6, 6.07) is 7.23. The number of ketones is 1. The Morgan fingerprint density at radius 1 is 1.09 bits per heavy atom. The minimum atomic E-state index is -1.05. The van der Waals surface area contributed by atoms with E-state index in [1.54, 1.807) is 19.1 Å². The summed E-state index contributed by atoms with van der Waals surface area (Å²) in [6.45, 7) is 1.58. The van der Waals surface area contributed by atoms with Crippen LogP contribution >= 0.6 is 0 Å². The van der Waals surface area contributed by atoms with Crippen LogP contribution in [0.25, 0.3) is 0 Å². The maximum Gasteiger partial charge on any atom is 0.269 e. The summed E-state index contributed by atoms with van der Waals surface area (Å²) >= 11 is 0. The van der Waals surface area contributed by atoms with Crippen molar-refractivity contribution in [2.24, 2.45) is 16.9 Å². The maximum atomic E-state index is 13.6. The predicted octanol–water partition coefficient (Wildman–Crippen LogP) is 2.64. The van der Waals surface area contributed by atoms with E-state index in [0.29, 0.717) is 5.56 Å². The number of anilines is 1. The van der Waals surface area contributed by atoms with E-state index in [-0.39, 0.29) is 16.9 Å². The van der Waals surface area contributed by atoms with Gasteiger partial charge in [-0.15, -0.1) is 0 Å². The van der Waals surface area contributed by atoms with Crippen LogP contribution in [0, 0.1) is 34.7 Å². The Morgan fingerprint density at radius 2 is 1.79 bits per heavy atom. The van der Waals surface area contributed by atoms with Crippen molar-refractivity contribution in [2.45, 2.75) is 19.0 Å². The van der Waals surface area contributed by atoms with Crippen molar-refractivity contribution in [3.63, 3.8) is 0 Å². The number of fused-ring (bicyclic) bond motifs is 3. The Kier molecular flexibility index (Phi) is 4.66. The highest BCUT2D eigenvalue weighted by Gasteiger charge is 2.64. The van der Waals surface area contributed by atoms with Gasteiger partial charge < -0.3 is 0 Å². The van der Waals surface area contributed by atoms with Gasteiger partial charge in [-0.05, 0) is 48.9 Å². The fraction of sp³-hybridized carbons (Fsp3) is 0.217. The molecule has 0 aliphatic carbocycles. The van der Waals surface area contributed by atoms with Gasteiger partial charge in [0.15, 0.2) is 5.78 Å². The number of nitro benzene ring substituents is 1. The van der Waals surface area contributed by atoms with Crippen LogP contribution in [0.1, 0.15) is 15.9 Å². The summed E-state index contributed by atoms with van der Waals surface area (Å²) in [4.78, 5) is 52.0. The number of carbonyl (C=O) groups is 3. The minimum absolute atomic E-state index is 0.157. The van der Waals surface area contributed by atoms with Crippen molar-refractivity contribution in [2.75, 3.05) is 4.90 Å². The first-order chi connectivity index (χ1) is 15.8. The number of benzene rings is 2. The zero-order chi connectivity index (χ0) is 23.4. The van der Waals surface area contributed by atoms with Gasteiger partial charge in [0.05, 0.1) is 28.5 Å². The number of imide groups is 1. The van der Waals surface area contributed by atoms with E-state index in [1.807, 2.05) is 0 Å². The fourth-order valence-electron chi connectivity index (χ4n) is 4.86. The van der Waals surface area contributed by atoms with Crippen LogP contribution in [-0.2, 0) is 9.59 Å². The molecule has 3 aliphatic heterocycles. The Bertz CT molecular complexity index is 1270. The number of non-ortho nitro benzene ring substituents is 1. The molecule has 2 fully saturated rings. The van der Waals surface area contributed by atoms with Crippen LogP contribution in [0.2, 0.25) is 0 Å². The number of hydrazone groups is 1. The second kappa shape index (κ2) is 7.44. The molecule has 10 heteroatoms. The molecule has 0 aromatic heterocycles. The first kappa shape index (κ1) is 20.7. The number of halogens is 1. The van der Waals surface area contributed by atoms with E-state index >= 15 is 0 Å². The average molecular weight is 448 g/mol. The molecule has 0 saturated carbocycles. The van der Waals surface area contributed by atoms with Crippen molar-refractivity contribution in [1.82, 2.24) is 5.01 Å². The summed E-state index contributed by atoms with van der Waals surface area (Å²) in [5.74, 6) is -3.86. The number of aryl methyl sites for hydroxylation is 1. The van der Waals surface area contributed by atoms with Crippen LogP contribution in [0.3, 0.4) is 0 Å². The van der Waals surface area contributed by atoms with E-state index in [2.05, 4.69) is 5.10 Å². The molecule has 33 heavy (non-hydrogen) atoms. The lowest BCUT2D eigenvalue weighted by Gasteiger charge is -2.30. The number of hydrogen-bond donors (Lipinski definition) is 0. The lowest BCUT2D eigenvalue weighted by Crippen LogP contribution is -2.46. The molecule has 2 aromatic rings. The molecule has 2 saturated heterocycles. The lowest BCUT2D eigenvalue weighted by molar-refractivity contribution is -0.384. The van der Waals surface area contributed by atoms with E-state index in [4.69, 9.17) is 0 Å². The van der Waals surface area contributed by atoms with Gasteiger partial charge in [0.1, 0.15) is 11.9 Å². The highest BCUT2D eigenvalue weighted by atomic mass is 19.1. The van der Waals surface area contributed by atoms with Crippen molar-refractivity contribution in [3.8, 4) is 0 Å². The van der Waals surface area contributed by atoms with Crippen LogP contribution in [0.15, 0.2) is 59.7 Å². The molecule has 0 spiro atoms. The maximum absolute atomic E-state index is 13.6. The highest BCUT2D eigenvalue weighted by molar-refractivity contribution is 6.25. The zero-order valence-electron chi connectivity index (χ0n) is 17.3. The molecule has 0 bridgehead atoms. The molecule has 2 amide bonds. The summed E-state index contributed by atoms with van der Waals surface area (Å²) in [5.41, 5.74) is 0.681. The SMILES string of the molecule is Cc1cc([N+](=O)[O-])ccc1N1C(=O)[C@@H]2[C@H](C1=O)[C@H](C(=O)c1ccc(F)cc1)N1N=CC=C[C@@H]21. The van der Waals surface area contributed by atoms with Crippen LogP contribution in [-0.4, -0.2) is 45.8 Å². The molecule has 5 rings (SSSR count). The van der Waals surface area contributed by atoms with Gasteiger partial charge in [-0.3, -0.25) is 29.5 Å². The van der Waals surface area contributed by atoms with Crippen LogP contribution in [0.5, 0.6) is 0 Å². The number of allylic oxidation sites excluding steroid dienone is 1. The minimum Gasteiger partial charge on any atom is -0.292 e. The van der Waals surface area contributed by atoms with Gasteiger partial charge in [-0.1, -0.05) is 6.08 Å². The van der Waals surface area contributed by atoms with E-state index < -0.39 is 52.3 Å². The Labute approximate surface area is 186 Å². The lowest BCUT2D eigenvalue weighted by atomic mass is 9.86. The Balaban J connectivity index is 1.57. The van der Waals surface area contributed by atoms with Gasteiger partial charge in [0.25, 0.3) is 5.69 Å². The quantitative estimate of drug-likeness (QED) is 0.308. The normalized spacial score (nSPS) is 25.4. The van der Waals surface area contributed by atoms with Crippen molar-refractivity contribution < 1.29 is 23.7 Å². The summed E-state index contributed by atoms with van der Waals surface area (Å²) in [6.07, 6.45) is 4.86. The third-order valence-corrected chi connectivity index (χ3v) is 6.32. The topological polar surface area (TPSA) is 113 Å². The Morgan fingerprint density at radius 3 is 2.45 bits per heavy atom. The monoisotopic (exact) mass is 448 g/mol. The molecule has 166 valence electrons. The molecular weight excluding hydrogens is 431 g/mol. The molecule has 9 nitrogen and oxygen atoms in total. The number of nitro groups is 1. The number of Topliss-reactive ketones (excluding diaryl/α,β-unsaturated/α-hetero) is 1. The number of hydrogen-bond acceptors (Lipinski definition) is 7. The number of amides is 2. The standard InChI is InChI=1S/C23H17FN4O5/c1-12-11-15(28(32)33)8-9-16(12)26-22(30)18-17-3-2-10-25-27(17)20(19(18)23(26)31)21(29)13-4-6-14(24)7-5-13/h2-11,17-20H,1H3/t17-,18-,19-,20+/m0/s1. The average Bonchev–Trinajstić information content (AvgIpc) is 3.27. The molecular formula is C23H17FN4O5. The van der Waals surface area contributed by atoms with Gasteiger partial charge in [0.2, 0.25) is 11.8 Å². The van der Waals surface area contributed by atoms with Crippen molar-refractivity contribution in [1.29, 1.82) is 0 Å². The Hall–Kier alpha value is -4.21. The summed E-state index contributed by atoms with van der Waals surface area (Å²) in [5, 5.41) is 16.8. The van der Waals surface area contributed by atoms with Crippen molar-refractivity contribution >= 4 is 35.2 Å². The van der Waals surface area contributed by atoms with E-state index in [9.17, 15) is 28.9 Å². The number of nitrogens with zero attached hydrogens (tertiary/aromatic N) is 4.